The van der Waals surface area contributed by atoms with Gasteiger partial charge in [0.1, 0.15) is 13.2 Å². The molecule has 14 nitrogen and oxygen atoms in total. The highest BCUT2D eigenvalue weighted by Crippen LogP contribution is 2.35. The van der Waals surface area contributed by atoms with Crippen molar-refractivity contribution >= 4 is 87.7 Å². The Labute approximate surface area is 405 Å². The van der Waals surface area contributed by atoms with Gasteiger partial charge in [0.2, 0.25) is 11.8 Å². The quantitative estimate of drug-likeness (QED) is 0.192. The zero-order valence-corrected chi connectivity index (χ0v) is 39.7. The number of carbonyl (C=O) groups is 4. The number of ether oxygens (including phenoxy) is 2. The second-order valence-electron chi connectivity index (χ2n) is 15.9. The average molecular weight is 991 g/mol. The summed E-state index contributed by atoms with van der Waals surface area (Å²) in [6.07, 6.45) is 8.74. The predicted octanol–water partition coefficient (Wildman–Crippen LogP) is 8.59. The van der Waals surface area contributed by atoms with Crippen LogP contribution in [-0.2, 0) is 32.3 Å². The third kappa shape index (κ3) is 14.7. The highest BCUT2D eigenvalue weighted by molar-refractivity contribution is 6.47. The number of amides is 4. The SMILES string of the molecule is Clc1cncc(Cl)c1Cl.O=C(OCc1ccccc1)N1CCN(C(=O)C2CCN(c3c(Cl)cncc3Cl)CC2)CC1.O=C(OCc1ccccc1)N1CCN(C(=O)C2CCNCC2)CC1. The fraction of sp³-hybridized carbons (Fsp3) is 0.435. The molecule has 0 radical (unpaired) electrons. The summed E-state index contributed by atoms with van der Waals surface area (Å²) in [6, 6.07) is 19.3. The van der Waals surface area contributed by atoms with Crippen molar-refractivity contribution in [3.8, 4) is 0 Å². The molecule has 2 aromatic heterocycles. The van der Waals surface area contributed by atoms with Gasteiger partial charge in [-0.1, -0.05) is 119 Å². The van der Waals surface area contributed by atoms with Crippen molar-refractivity contribution in [2.45, 2.75) is 38.9 Å². The van der Waals surface area contributed by atoms with Crippen LogP contribution >= 0.6 is 58.0 Å². The van der Waals surface area contributed by atoms with Crippen LogP contribution < -0.4 is 10.2 Å². The second-order valence-corrected chi connectivity index (χ2v) is 17.9. The lowest BCUT2D eigenvalue weighted by atomic mass is 9.94. The number of pyridine rings is 2. The number of piperazine rings is 2. The van der Waals surface area contributed by atoms with Gasteiger partial charge in [-0.2, -0.15) is 0 Å². The molecule has 4 saturated heterocycles. The summed E-state index contributed by atoms with van der Waals surface area (Å²) in [5, 5.41) is 5.45. The molecule has 348 valence electrons. The number of halogens is 5. The Hall–Kier alpha value is -4.57. The molecule has 19 heteroatoms. The Balaban J connectivity index is 0.000000186. The van der Waals surface area contributed by atoms with Crippen LogP contribution in [0.25, 0.3) is 0 Å². The van der Waals surface area contributed by atoms with Gasteiger partial charge < -0.3 is 39.3 Å². The van der Waals surface area contributed by atoms with Gasteiger partial charge in [-0.25, -0.2) is 9.59 Å². The minimum atomic E-state index is -0.333. The highest BCUT2D eigenvalue weighted by Gasteiger charge is 2.33. The molecule has 0 unspecified atom stereocenters. The summed E-state index contributed by atoms with van der Waals surface area (Å²) in [6.45, 7) is 8.13. The van der Waals surface area contributed by atoms with Crippen LogP contribution in [-0.4, -0.2) is 132 Å². The van der Waals surface area contributed by atoms with Crippen LogP contribution in [0.15, 0.2) is 85.5 Å². The largest absolute Gasteiger partial charge is 0.445 e. The number of hydrogen-bond donors (Lipinski definition) is 1. The van der Waals surface area contributed by atoms with Crippen molar-refractivity contribution in [1.82, 2.24) is 34.9 Å². The zero-order valence-electron chi connectivity index (χ0n) is 35.9. The van der Waals surface area contributed by atoms with Gasteiger partial charge in [-0.05, 0) is 49.9 Å². The minimum Gasteiger partial charge on any atom is -0.445 e. The summed E-state index contributed by atoms with van der Waals surface area (Å²) < 4.78 is 10.8. The summed E-state index contributed by atoms with van der Waals surface area (Å²) in [4.78, 5) is 67.0. The molecule has 4 aromatic rings. The number of anilines is 1. The number of nitrogens with zero attached hydrogens (tertiary/aromatic N) is 7. The van der Waals surface area contributed by atoms with E-state index in [9.17, 15) is 19.2 Å². The number of benzene rings is 2. The first-order valence-corrected chi connectivity index (χ1v) is 23.6. The molecule has 0 bridgehead atoms. The lowest BCUT2D eigenvalue weighted by Gasteiger charge is -2.39. The van der Waals surface area contributed by atoms with Crippen LogP contribution in [0.2, 0.25) is 25.1 Å². The molecule has 2 aromatic carbocycles. The van der Waals surface area contributed by atoms with Crippen LogP contribution in [0.4, 0.5) is 15.3 Å². The van der Waals surface area contributed by atoms with Gasteiger partial charge in [-0.15, -0.1) is 0 Å². The van der Waals surface area contributed by atoms with Crippen LogP contribution in [0.1, 0.15) is 36.8 Å². The fourth-order valence-corrected chi connectivity index (χ4v) is 8.94. The molecule has 4 aliphatic heterocycles. The van der Waals surface area contributed by atoms with E-state index in [1.807, 2.05) is 70.5 Å². The molecule has 4 aliphatic rings. The Morgan fingerprint density at radius 3 is 1.28 bits per heavy atom. The Bertz CT molecular complexity index is 2130. The average Bonchev–Trinajstić information content (AvgIpc) is 3.35. The van der Waals surface area contributed by atoms with Crippen molar-refractivity contribution in [2.24, 2.45) is 11.8 Å². The maximum absolute atomic E-state index is 13.0. The number of aromatic nitrogens is 2. The van der Waals surface area contributed by atoms with E-state index in [4.69, 9.17) is 67.5 Å². The maximum atomic E-state index is 13.0. The minimum absolute atomic E-state index is 0.0257. The lowest BCUT2D eigenvalue weighted by molar-refractivity contribution is -0.138. The van der Waals surface area contributed by atoms with Gasteiger partial charge in [0.15, 0.2) is 0 Å². The predicted molar refractivity (Wildman–Crippen MR) is 254 cm³/mol. The van der Waals surface area contributed by atoms with Gasteiger partial charge in [-0.3, -0.25) is 19.6 Å². The number of rotatable bonds is 7. The second kappa shape index (κ2) is 25.4. The van der Waals surface area contributed by atoms with Crippen LogP contribution in [0, 0.1) is 11.8 Å². The van der Waals surface area contributed by atoms with E-state index >= 15 is 0 Å². The van der Waals surface area contributed by atoms with E-state index in [0.29, 0.717) is 90.6 Å². The van der Waals surface area contributed by atoms with E-state index in [-0.39, 0.29) is 49.1 Å². The van der Waals surface area contributed by atoms with Gasteiger partial charge in [0, 0.05) is 102 Å². The molecule has 0 spiro atoms. The van der Waals surface area contributed by atoms with E-state index in [1.54, 1.807) is 22.2 Å². The van der Waals surface area contributed by atoms with Crippen molar-refractivity contribution in [1.29, 1.82) is 0 Å². The molecule has 0 saturated carbocycles. The summed E-state index contributed by atoms with van der Waals surface area (Å²) >= 11 is 29.2. The Kier molecular flexibility index (Phi) is 19.5. The van der Waals surface area contributed by atoms with E-state index in [2.05, 4.69) is 20.2 Å². The maximum Gasteiger partial charge on any atom is 0.410 e. The Morgan fingerprint density at radius 2 is 0.877 bits per heavy atom. The summed E-state index contributed by atoms with van der Waals surface area (Å²) in [7, 11) is 0. The monoisotopic (exact) mass is 988 g/mol. The molecule has 0 atom stereocenters. The fourth-order valence-electron chi connectivity index (χ4n) is 7.88. The van der Waals surface area contributed by atoms with Crippen LogP contribution in [0.5, 0.6) is 0 Å². The molecule has 6 heterocycles. The molecule has 1 N–H and O–H groups in total. The summed E-state index contributed by atoms with van der Waals surface area (Å²) in [5.74, 6) is 0.521. The normalized spacial score (nSPS) is 17.0. The third-order valence-corrected chi connectivity index (χ3v) is 13.3. The first-order valence-electron chi connectivity index (χ1n) is 21.7. The van der Waals surface area contributed by atoms with Crippen LogP contribution in [0.3, 0.4) is 0 Å². The molecule has 0 aliphatic carbocycles. The van der Waals surface area contributed by atoms with Crippen molar-refractivity contribution < 1.29 is 28.7 Å². The number of piperidine rings is 2. The summed E-state index contributed by atoms with van der Waals surface area (Å²) in [5.41, 5.74) is 2.72. The smallest absolute Gasteiger partial charge is 0.410 e. The van der Waals surface area contributed by atoms with Crippen molar-refractivity contribution in [2.75, 3.05) is 83.4 Å². The molecular weight excluding hydrogens is 938 g/mol. The number of hydrogen-bond acceptors (Lipinski definition) is 10. The topological polar surface area (TPSA) is 141 Å². The molecular formula is C46H53Cl5N8O6. The third-order valence-electron chi connectivity index (χ3n) is 11.6. The number of carbonyl (C=O) groups excluding carboxylic acids is 4. The molecule has 4 amide bonds. The highest BCUT2D eigenvalue weighted by atomic mass is 35.5. The Morgan fingerprint density at radius 1 is 0.508 bits per heavy atom. The van der Waals surface area contributed by atoms with Gasteiger partial charge in [0.25, 0.3) is 0 Å². The van der Waals surface area contributed by atoms with E-state index in [1.165, 1.54) is 12.4 Å². The van der Waals surface area contributed by atoms with Crippen molar-refractivity contribution in [3.05, 3.63) is 122 Å². The molecule has 4 fully saturated rings. The zero-order chi connectivity index (χ0) is 46.1. The number of nitrogens with one attached hydrogen (secondary N) is 1. The van der Waals surface area contributed by atoms with E-state index < -0.39 is 0 Å². The van der Waals surface area contributed by atoms with Gasteiger partial charge in [0.05, 0.1) is 30.8 Å². The first kappa shape index (κ1) is 49.9. The van der Waals surface area contributed by atoms with Crippen molar-refractivity contribution in [3.63, 3.8) is 0 Å². The van der Waals surface area contributed by atoms with E-state index in [0.717, 1.165) is 55.6 Å². The first-order chi connectivity index (χ1) is 31.5. The molecule has 8 rings (SSSR count). The lowest BCUT2D eigenvalue weighted by Crippen LogP contribution is -2.53. The molecule has 65 heavy (non-hydrogen) atoms. The van der Waals surface area contributed by atoms with Gasteiger partial charge >= 0.3 is 12.2 Å². The standard InChI is InChI=1S/C23H26Cl2N4O3.C18H25N3O3.C5H2Cl3N/c24-19-14-26-15-20(25)21(19)27-8-6-18(7-9-27)22(30)28-10-12-29(13-11-28)23(31)32-16-17-4-2-1-3-5-17;22-17(16-6-8-19-9-7-16)20-10-12-21(13-11-20)18(23)24-14-15-4-2-1-3-5-15;6-3-1-9-2-4(7)5(3)8/h1-5,14-15,18H,6-13,16H2;1-5,16,19H,6-14H2;1-2H.